The van der Waals surface area contributed by atoms with Gasteiger partial charge in [0.2, 0.25) is 6.79 Å². The Kier molecular flexibility index (Phi) is 9.95. The Hall–Kier alpha value is -3.12. The molecular weight excluding hydrogens is 659 g/mol. The fourth-order valence-electron chi connectivity index (χ4n) is 6.28. The molecule has 0 bridgehead atoms. The molecule has 1 N–H and O–H groups in total. The predicted molar refractivity (Wildman–Crippen MR) is 164 cm³/mol. The van der Waals surface area contributed by atoms with Gasteiger partial charge in [0.15, 0.2) is 11.5 Å². The number of carboxylic acid groups (broad SMARTS) is 1. The predicted octanol–water partition coefficient (Wildman–Crippen LogP) is 1.55. The van der Waals surface area contributed by atoms with Crippen molar-refractivity contribution >= 4 is 17.6 Å². The summed E-state index contributed by atoms with van der Waals surface area (Å²) in [6.45, 7) is 4.17. The molecule has 3 aromatic rings. The quantitative estimate of drug-likeness (QED) is 0.213. The molecule has 2 aliphatic rings. The van der Waals surface area contributed by atoms with Crippen molar-refractivity contribution in [3.8, 4) is 11.5 Å². The molecule has 0 aliphatic carbocycles. The SMILES string of the molecule is CCCCN(C(=O)CN1C[C@H](c2ccc3c(c2)OCO3)[C@@H](C(=O)O)[C@@H]1CCn1ccnc1)c1cccc(C[I-](C)(C)C)c1. The number of fused-ring (bicyclic) bond motifs is 1. The van der Waals surface area contributed by atoms with Crippen LogP contribution in [-0.4, -0.2) is 78.7 Å². The van der Waals surface area contributed by atoms with Crippen LogP contribution in [0.15, 0.2) is 61.2 Å². The summed E-state index contributed by atoms with van der Waals surface area (Å²) in [5, 5.41) is 10.6. The number of ether oxygens (including phenoxy) is 2. The van der Waals surface area contributed by atoms with Gasteiger partial charge in [-0.3, -0.25) is 0 Å². The third-order valence-electron chi connectivity index (χ3n) is 8.25. The zero-order valence-corrected chi connectivity index (χ0v) is 27.8. The van der Waals surface area contributed by atoms with Gasteiger partial charge in [-0.2, -0.15) is 0 Å². The Morgan fingerprint density at radius 3 is 2.65 bits per heavy atom. The fraction of sp³-hybridized carbons (Fsp3) is 0.485. The van der Waals surface area contributed by atoms with Crippen molar-refractivity contribution < 1.29 is 42.6 Å². The van der Waals surface area contributed by atoms with Crippen molar-refractivity contribution in [2.24, 2.45) is 5.92 Å². The van der Waals surface area contributed by atoms with Crippen LogP contribution in [0.5, 0.6) is 11.5 Å². The number of imidazole rings is 1. The maximum atomic E-state index is 14.1. The minimum atomic E-state index is -1.77. The standard InChI is InChI=1S/C33H44IN4O5/c1-5-6-14-38(26-9-7-8-24(17-26)19-34(2,3)4)31(39)21-37-20-27(25-10-11-29-30(18-25)43-23-42-29)32(33(40)41)28(37)12-15-36-16-13-35-22-36/h7-11,13,16-18,22,27-28,32H,5-6,12,14-15,19-21,23H2,1-4H3,(H,40,41)/q-1/t27-,28+,32-/m1/s1. The molecule has 234 valence electrons. The number of unbranched alkanes of at least 4 members (excludes halogenated alkanes) is 1. The van der Waals surface area contributed by atoms with Gasteiger partial charge in [0.1, 0.15) is 0 Å². The van der Waals surface area contributed by atoms with E-state index >= 15 is 0 Å². The van der Waals surface area contributed by atoms with E-state index in [9.17, 15) is 14.7 Å². The van der Waals surface area contributed by atoms with Crippen molar-refractivity contribution in [3.63, 3.8) is 0 Å². The third kappa shape index (κ3) is 7.70. The van der Waals surface area contributed by atoms with Crippen LogP contribution in [0.25, 0.3) is 0 Å². The number of aromatic nitrogens is 2. The van der Waals surface area contributed by atoms with Gasteiger partial charge in [0, 0.05) is 12.4 Å². The van der Waals surface area contributed by atoms with Gasteiger partial charge < -0.3 is 9.47 Å². The van der Waals surface area contributed by atoms with Gasteiger partial charge in [-0.1, -0.05) is 0 Å². The Labute approximate surface area is 258 Å². The molecule has 1 saturated heterocycles. The number of carbonyl (C=O) groups excluding carboxylic acids is 1. The number of alkyl halides is 4. The molecule has 3 atom stereocenters. The summed E-state index contributed by atoms with van der Waals surface area (Å²) in [6.07, 6.45) is 7.82. The molecule has 0 radical (unpaired) electrons. The van der Waals surface area contributed by atoms with Crippen molar-refractivity contribution in [3.05, 3.63) is 72.3 Å². The Bertz CT molecular complexity index is 1410. The zero-order chi connectivity index (χ0) is 30.6. The van der Waals surface area contributed by atoms with Crippen LogP contribution in [0, 0.1) is 5.92 Å². The van der Waals surface area contributed by atoms with Gasteiger partial charge in [-0.15, -0.1) is 0 Å². The van der Waals surface area contributed by atoms with E-state index in [-0.39, 0.29) is 31.2 Å². The van der Waals surface area contributed by atoms with Gasteiger partial charge >= 0.3 is 202 Å². The second kappa shape index (κ2) is 13.7. The third-order valence-corrected chi connectivity index (χ3v) is 11.4. The summed E-state index contributed by atoms with van der Waals surface area (Å²) in [4.78, 5) is 42.4. The number of aryl methyl sites for hydroxylation is 1. The number of benzene rings is 2. The second-order valence-electron chi connectivity index (χ2n) is 12.3. The summed E-state index contributed by atoms with van der Waals surface area (Å²) < 4.78 is 14.2. The van der Waals surface area contributed by atoms with E-state index in [0.29, 0.717) is 37.6 Å². The molecule has 0 saturated carbocycles. The van der Waals surface area contributed by atoms with E-state index in [1.54, 1.807) is 12.5 Å². The van der Waals surface area contributed by atoms with Crippen LogP contribution < -0.4 is 32.8 Å². The number of halogens is 1. The van der Waals surface area contributed by atoms with Crippen LogP contribution in [0.1, 0.15) is 43.2 Å². The summed E-state index contributed by atoms with van der Waals surface area (Å²) in [5.74, 6) is -0.515. The van der Waals surface area contributed by atoms with Gasteiger partial charge in [0.25, 0.3) is 0 Å². The first kappa shape index (κ1) is 31.3. The Morgan fingerprint density at radius 2 is 1.93 bits per heavy atom. The van der Waals surface area contributed by atoms with Crippen LogP contribution in [-0.2, 0) is 20.6 Å². The molecule has 0 spiro atoms. The monoisotopic (exact) mass is 703 g/mol. The van der Waals surface area contributed by atoms with E-state index in [2.05, 4.69) is 49.8 Å². The Morgan fingerprint density at radius 1 is 1.12 bits per heavy atom. The molecule has 2 aromatic carbocycles. The van der Waals surface area contributed by atoms with Crippen LogP contribution in [0.2, 0.25) is 0 Å². The molecule has 3 heterocycles. The van der Waals surface area contributed by atoms with Gasteiger partial charge in [-0.05, 0) is 6.07 Å². The van der Waals surface area contributed by atoms with Crippen molar-refractivity contribution in [1.29, 1.82) is 0 Å². The number of anilines is 1. The number of rotatable bonds is 13. The van der Waals surface area contributed by atoms with E-state index in [4.69, 9.17) is 9.47 Å². The molecule has 43 heavy (non-hydrogen) atoms. The average molecular weight is 704 g/mol. The topological polar surface area (TPSA) is 97.1 Å². The number of hydrogen-bond donors (Lipinski definition) is 1. The van der Waals surface area contributed by atoms with Crippen molar-refractivity contribution in [1.82, 2.24) is 14.5 Å². The van der Waals surface area contributed by atoms with Gasteiger partial charge in [-0.25, -0.2) is 4.98 Å². The molecular formula is C33H44IN4O5-. The first-order valence-electron chi connectivity index (χ1n) is 14.9. The Balaban J connectivity index is 1.43. The second-order valence-corrected chi connectivity index (χ2v) is 24.1. The van der Waals surface area contributed by atoms with Crippen LogP contribution >= 0.6 is 0 Å². The summed E-state index contributed by atoms with van der Waals surface area (Å²) in [7, 11) is 0. The molecule has 1 amide bonds. The number of hydrogen-bond acceptors (Lipinski definition) is 6. The number of aliphatic carboxylic acids is 1. The van der Waals surface area contributed by atoms with Crippen molar-refractivity contribution in [2.75, 3.05) is 46.1 Å². The van der Waals surface area contributed by atoms with Gasteiger partial charge in [0.05, 0.1) is 6.33 Å². The molecule has 2 aliphatic heterocycles. The number of carboxylic acids is 1. The normalized spacial score (nSPS) is 20.3. The fourth-order valence-corrected chi connectivity index (χ4v) is 9.39. The summed E-state index contributed by atoms with van der Waals surface area (Å²) in [6, 6.07) is 13.8. The maximum absolute atomic E-state index is 14.1. The average Bonchev–Trinajstić information content (AvgIpc) is 3.71. The molecule has 1 fully saturated rings. The summed E-state index contributed by atoms with van der Waals surface area (Å²) >= 11 is -1.77. The number of carbonyl (C=O) groups is 2. The molecule has 5 rings (SSSR count). The molecule has 1 aromatic heterocycles. The first-order chi connectivity index (χ1) is 20.6. The first-order valence-corrected chi connectivity index (χ1v) is 22.9. The number of amides is 1. The van der Waals surface area contributed by atoms with E-state index < -0.39 is 30.3 Å². The molecule has 9 nitrogen and oxygen atoms in total. The molecule has 0 unspecified atom stereocenters. The van der Waals surface area contributed by atoms with E-state index in [1.165, 1.54) is 5.56 Å². The molecule has 10 heteroatoms. The number of likely N-dealkylation sites (tertiary alicyclic amines) is 1. The van der Waals surface area contributed by atoms with Crippen LogP contribution in [0.4, 0.5) is 5.69 Å². The minimum absolute atomic E-state index is 0.00494. The zero-order valence-electron chi connectivity index (χ0n) is 25.6. The van der Waals surface area contributed by atoms with E-state index in [0.717, 1.165) is 28.5 Å². The summed E-state index contributed by atoms with van der Waals surface area (Å²) in [5.41, 5.74) is 3.10. The van der Waals surface area contributed by atoms with E-state index in [1.807, 2.05) is 39.9 Å². The van der Waals surface area contributed by atoms with Crippen molar-refractivity contribution in [2.45, 2.75) is 49.1 Å². The van der Waals surface area contributed by atoms with Crippen LogP contribution in [0.3, 0.4) is 0 Å². The number of nitrogens with zero attached hydrogens (tertiary/aromatic N) is 4.